The molecule has 0 saturated carbocycles. The van der Waals surface area contributed by atoms with Gasteiger partial charge in [0.05, 0.1) is 6.04 Å². The molecule has 0 aliphatic carbocycles. The summed E-state index contributed by atoms with van der Waals surface area (Å²) in [6, 6.07) is 7.56. The fraction of sp³-hybridized carbons (Fsp3) is 0.556. The zero-order chi connectivity index (χ0) is 16.8. The van der Waals surface area contributed by atoms with Crippen molar-refractivity contribution in [3.8, 4) is 0 Å². The van der Waals surface area contributed by atoms with Crippen LogP contribution in [0.3, 0.4) is 0 Å². The van der Waals surface area contributed by atoms with Gasteiger partial charge in [-0.15, -0.1) is 0 Å². The van der Waals surface area contributed by atoms with Crippen molar-refractivity contribution in [3.63, 3.8) is 0 Å². The van der Waals surface area contributed by atoms with Gasteiger partial charge in [0.25, 0.3) is 0 Å². The first-order valence-corrected chi connectivity index (χ1v) is 8.34. The lowest BCUT2D eigenvalue weighted by Crippen LogP contribution is -2.41. The average molecular weight is 317 g/mol. The molecule has 0 radical (unpaired) electrons. The highest BCUT2D eigenvalue weighted by molar-refractivity contribution is 5.81. The van der Waals surface area contributed by atoms with Gasteiger partial charge >= 0.3 is 0 Å². The molecule has 0 spiro atoms. The normalized spacial score (nSPS) is 16.0. The third-order valence-electron chi connectivity index (χ3n) is 4.10. The van der Waals surface area contributed by atoms with Crippen LogP contribution in [-0.2, 0) is 22.7 Å². The van der Waals surface area contributed by atoms with Crippen molar-refractivity contribution in [1.29, 1.82) is 0 Å². The van der Waals surface area contributed by atoms with Crippen molar-refractivity contribution in [1.82, 2.24) is 10.2 Å². The molecule has 5 heteroatoms. The first kappa shape index (κ1) is 17.5. The van der Waals surface area contributed by atoms with Gasteiger partial charge < -0.3 is 16.0 Å². The molecular weight excluding hydrogens is 290 g/mol. The standard InChI is InChI=1S/C18H27N3O2/c1-13(2)10-16(19)18(23)20-11-14-5-7-15(8-6-14)12-21-9-3-4-17(21)22/h5-8,13,16H,3-4,9-12,19H2,1-2H3,(H,20,23)/t16-/m0/s1. The van der Waals surface area contributed by atoms with Gasteiger partial charge in [0, 0.05) is 26.1 Å². The second kappa shape index (κ2) is 8.11. The highest BCUT2D eigenvalue weighted by Crippen LogP contribution is 2.14. The number of likely N-dealkylation sites (tertiary alicyclic amines) is 1. The predicted molar refractivity (Wildman–Crippen MR) is 90.4 cm³/mol. The van der Waals surface area contributed by atoms with E-state index in [1.54, 1.807) is 0 Å². The van der Waals surface area contributed by atoms with E-state index in [9.17, 15) is 9.59 Å². The summed E-state index contributed by atoms with van der Waals surface area (Å²) in [5, 5.41) is 2.88. The second-order valence-corrected chi connectivity index (χ2v) is 6.69. The molecule has 126 valence electrons. The Morgan fingerprint density at radius 1 is 1.26 bits per heavy atom. The number of nitrogens with one attached hydrogen (secondary N) is 1. The Morgan fingerprint density at radius 3 is 2.48 bits per heavy atom. The van der Waals surface area contributed by atoms with Crippen LogP contribution in [0, 0.1) is 5.92 Å². The number of rotatable bonds is 7. The molecule has 1 atom stereocenters. The van der Waals surface area contributed by atoms with E-state index >= 15 is 0 Å². The number of benzene rings is 1. The minimum absolute atomic E-state index is 0.106. The van der Waals surface area contributed by atoms with Crippen LogP contribution in [0.15, 0.2) is 24.3 Å². The van der Waals surface area contributed by atoms with E-state index in [1.807, 2.05) is 29.2 Å². The molecule has 0 unspecified atom stereocenters. The monoisotopic (exact) mass is 317 g/mol. The summed E-state index contributed by atoms with van der Waals surface area (Å²) in [7, 11) is 0. The molecule has 1 aromatic rings. The number of nitrogens with two attached hydrogens (primary N) is 1. The zero-order valence-corrected chi connectivity index (χ0v) is 14.0. The van der Waals surface area contributed by atoms with E-state index in [2.05, 4.69) is 19.2 Å². The van der Waals surface area contributed by atoms with Crippen LogP contribution in [-0.4, -0.2) is 29.3 Å². The first-order valence-electron chi connectivity index (χ1n) is 8.34. The molecule has 1 heterocycles. The SMILES string of the molecule is CC(C)C[C@H](N)C(=O)NCc1ccc(CN2CCCC2=O)cc1. The summed E-state index contributed by atoms with van der Waals surface area (Å²) in [6.45, 7) is 6.11. The molecule has 0 aromatic heterocycles. The summed E-state index contributed by atoms with van der Waals surface area (Å²) in [5.74, 6) is 0.536. The molecule has 1 saturated heterocycles. The minimum atomic E-state index is -0.449. The van der Waals surface area contributed by atoms with Crippen LogP contribution in [0.25, 0.3) is 0 Å². The summed E-state index contributed by atoms with van der Waals surface area (Å²) in [5.41, 5.74) is 8.01. The number of carbonyl (C=O) groups excluding carboxylic acids is 2. The van der Waals surface area contributed by atoms with E-state index in [0.29, 0.717) is 31.8 Å². The van der Waals surface area contributed by atoms with Gasteiger partial charge in [-0.2, -0.15) is 0 Å². The highest BCUT2D eigenvalue weighted by Gasteiger charge is 2.19. The van der Waals surface area contributed by atoms with Gasteiger partial charge in [0.1, 0.15) is 0 Å². The first-order chi connectivity index (χ1) is 11.0. The van der Waals surface area contributed by atoms with E-state index in [4.69, 9.17) is 5.73 Å². The van der Waals surface area contributed by atoms with Gasteiger partial charge in [0.15, 0.2) is 0 Å². The molecule has 2 amide bonds. The van der Waals surface area contributed by atoms with Gasteiger partial charge in [-0.05, 0) is 29.9 Å². The van der Waals surface area contributed by atoms with Crippen LogP contribution in [0.2, 0.25) is 0 Å². The van der Waals surface area contributed by atoms with Crippen molar-refractivity contribution in [2.45, 2.75) is 52.2 Å². The number of nitrogens with zero attached hydrogens (tertiary/aromatic N) is 1. The maximum Gasteiger partial charge on any atom is 0.237 e. The minimum Gasteiger partial charge on any atom is -0.351 e. The number of carbonyl (C=O) groups is 2. The molecule has 5 nitrogen and oxygen atoms in total. The van der Waals surface area contributed by atoms with Gasteiger partial charge in [-0.3, -0.25) is 9.59 Å². The maximum atomic E-state index is 11.9. The maximum absolute atomic E-state index is 11.9. The van der Waals surface area contributed by atoms with Crippen molar-refractivity contribution in [2.24, 2.45) is 11.7 Å². The molecule has 1 aromatic carbocycles. The topological polar surface area (TPSA) is 75.4 Å². The third kappa shape index (κ3) is 5.36. The quantitative estimate of drug-likeness (QED) is 0.805. The van der Waals surface area contributed by atoms with Gasteiger partial charge in [0.2, 0.25) is 11.8 Å². The summed E-state index contributed by atoms with van der Waals surface area (Å²) >= 11 is 0. The summed E-state index contributed by atoms with van der Waals surface area (Å²) in [4.78, 5) is 25.4. The van der Waals surface area contributed by atoms with Gasteiger partial charge in [-0.25, -0.2) is 0 Å². The smallest absolute Gasteiger partial charge is 0.237 e. The molecule has 0 bridgehead atoms. The Bertz CT molecular complexity index is 540. The van der Waals surface area contributed by atoms with Crippen molar-refractivity contribution in [3.05, 3.63) is 35.4 Å². The summed E-state index contributed by atoms with van der Waals surface area (Å²) in [6.07, 6.45) is 2.31. The molecule has 1 aliphatic rings. The average Bonchev–Trinajstić information content (AvgIpc) is 2.90. The van der Waals surface area contributed by atoms with E-state index < -0.39 is 6.04 Å². The predicted octanol–water partition coefficient (Wildman–Crippen LogP) is 1.80. The van der Waals surface area contributed by atoms with Gasteiger partial charge in [-0.1, -0.05) is 38.1 Å². The fourth-order valence-electron chi connectivity index (χ4n) is 2.79. The Morgan fingerprint density at radius 2 is 1.91 bits per heavy atom. The Labute approximate surface area is 138 Å². The lowest BCUT2D eigenvalue weighted by molar-refractivity contribution is -0.128. The van der Waals surface area contributed by atoms with E-state index in [0.717, 1.165) is 24.1 Å². The number of hydrogen-bond acceptors (Lipinski definition) is 3. The largest absolute Gasteiger partial charge is 0.351 e. The lowest BCUT2D eigenvalue weighted by Gasteiger charge is -2.16. The molecule has 1 aliphatic heterocycles. The molecule has 2 rings (SSSR count). The number of hydrogen-bond donors (Lipinski definition) is 2. The van der Waals surface area contributed by atoms with Crippen molar-refractivity contribution in [2.75, 3.05) is 6.54 Å². The Kier molecular flexibility index (Phi) is 6.16. The molecule has 1 fully saturated rings. The van der Waals surface area contributed by atoms with E-state index in [1.165, 1.54) is 0 Å². The number of amides is 2. The Balaban J connectivity index is 1.80. The fourth-order valence-corrected chi connectivity index (χ4v) is 2.79. The van der Waals surface area contributed by atoms with E-state index in [-0.39, 0.29) is 11.8 Å². The van der Waals surface area contributed by atoms with Crippen LogP contribution < -0.4 is 11.1 Å². The summed E-state index contributed by atoms with van der Waals surface area (Å²) < 4.78 is 0. The highest BCUT2D eigenvalue weighted by atomic mass is 16.2. The van der Waals surface area contributed by atoms with Crippen molar-refractivity contribution < 1.29 is 9.59 Å². The van der Waals surface area contributed by atoms with Crippen LogP contribution in [0.5, 0.6) is 0 Å². The molecular formula is C18H27N3O2. The third-order valence-corrected chi connectivity index (χ3v) is 4.10. The van der Waals surface area contributed by atoms with Crippen LogP contribution >= 0.6 is 0 Å². The zero-order valence-electron chi connectivity index (χ0n) is 14.0. The molecule has 23 heavy (non-hydrogen) atoms. The van der Waals surface area contributed by atoms with Crippen molar-refractivity contribution >= 4 is 11.8 Å². The Hall–Kier alpha value is -1.88. The van der Waals surface area contributed by atoms with Crippen LogP contribution in [0.1, 0.15) is 44.2 Å². The lowest BCUT2D eigenvalue weighted by atomic mass is 10.0. The molecule has 3 N–H and O–H groups in total. The second-order valence-electron chi connectivity index (χ2n) is 6.69. The van der Waals surface area contributed by atoms with Crippen LogP contribution in [0.4, 0.5) is 0 Å².